The van der Waals surface area contributed by atoms with Gasteiger partial charge in [-0.2, -0.15) is 0 Å². The summed E-state index contributed by atoms with van der Waals surface area (Å²) in [5, 5.41) is 7.05. The molecule has 1 aromatic carbocycles. The van der Waals surface area contributed by atoms with Crippen LogP contribution in [0.5, 0.6) is 0 Å². The van der Waals surface area contributed by atoms with E-state index in [0.717, 1.165) is 12.1 Å². The molecule has 0 radical (unpaired) electrons. The molecule has 0 fully saturated rings. The molecule has 2 amide bonds. The smallest absolute Gasteiger partial charge is 0.260 e. The minimum absolute atomic E-state index is 0.0733. The van der Waals surface area contributed by atoms with Crippen LogP contribution >= 0.6 is 11.3 Å². The molecule has 2 heterocycles. The summed E-state index contributed by atoms with van der Waals surface area (Å²) in [6.07, 6.45) is 1.34. The average molecular weight is 377 g/mol. The lowest BCUT2D eigenvalue weighted by atomic mass is 10.2. The summed E-state index contributed by atoms with van der Waals surface area (Å²) in [6.45, 7) is 1.67. The zero-order valence-corrected chi connectivity index (χ0v) is 14.3. The van der Waals surface area contributed by atoms with E-state index in [9.17, 15) is 18.4 Å². The first-order valence-corrected chi connectivity index (χ1v) is 8.35. The third-order valence-electron chi connectivity index (χ3n) is 3.42. The van der Waals surface area contributed by atoms with E-state index < -0.39 is 17.5 Å². The summed E-state index contributed by atoms with van der Waals surface area (Å²) in [5.41, 5.74) is 0.986. The van der Waals surface area contributed by atoms with Crippen molar-refractivity contribution in [3.05, 3.63) is 64.6 Å². The number of hydrogen-bond donors (Lipinski definition) is 2. The Hall–Kier alpha value is -3.07. The summed E-state index contributed by atoms with van der Waals surface area (Å²) < 4.78 is 31.1. The highest BCUT2D eigenvalue weighted by atomic mass is 32.1. The fourth-order valence-electron chi connectivity index (χ4n) is 2.17. The molecule has 0 spiro atoms. The van der Waals surface area contributed by atoms with Gasteiger partial charge in [-0.25, -0.2) is 13.8 Å². The van der Waals surface area contributed by atoms with Crippen molar-refractivity contribution in [2.45, 2.75) is 13.3 Å². The van der Waals surface area contributed by atoms with Gasteiger partial charge in [0, 0.05) is 17.1 Å². The highest BCUT2D eigenvalue weighted by Gasteiger charge is 2.14. The maximum Gasteiger partial charge on any atom is 0.260 e. The molecule has 0 aliphatic carbocycles. The molecular formula is C17H13F2N3O3S. The van der Waals surface area contributed by atoms with E-state index in [1.54, 1.807) is 18.4 Å². The summed E-state index contributed by atoms with van der Waals surface area (Å²) in [4.78, 5) is 28.2. The quantitative estimate of drug-likeness (QED) is 0.709. The van der Waals surface area contributed by atoms with Crippen molar-refractivity contribution in [1.82, 2.24) is 4.98 Å². The lowest BCUT2D eigenvalue weighted by Crippen LogP contribution is -2.15. The Kier molecular flexibility index (Phi) is 5.08. The van der Waals surface area contributed by atoms with Crippen LogP contribution in [-0.4, -0.2) is 16.8 Å². The van der Waals surface area contributed by atoms with E-state index in [0.29, 0.717) is 22.1 Å². The number of aryl methyl sites for hydroxylation is 1. The Labute approximate surface area is 150 Å². The molecule has 26 heavy (non-hydrogen) atoms. The zero-order valence-electron chi connectivity index (χ0n) is 13.5. The van der Waals surface area contributed by atoms with E-state index >= 15 is 0 Å². The molecule has 0 bridgehead atoms. The molecule has 3 aromatic rings. The minimum atomic E-state index is -1.05. The Balaban J connectivity index is 1.59. The third kappa shape index (κ3) is 4.12. The fourth-order valence-corrected chi connectivity index (χ4v) is 2.88. The number of carbonyl (C=O) groups excluding carboxylic acids is 2. The normalized spacial score (nSPS) is 10.6. The average Bonchev–Trinajstić information content (AvgIpc) is 3.20. The first-order valence-electron chi connectivity index (χ1n) is 7.47. The number of anilines is 2. The van der Waals surface area contributed by atoms with Gasteiger partial charge in [-0.3, -0.25) is 14.9 Å². The molecule has 0 saturated carbocycles. The van der Waals surface area contributed by atoms with Gasteiger partial charge >= 0.3 is 0 Å². The van der Waals surface area contributed by atoms with Crippen LogP contribution in [0.3, 0.4) is 0 Å². The Morgan fingerprint density at radius 3 is 2.69 bits per heavy atom. The van der Waals surface area contributed by atoms with Crippen LogP contribution in [0.25, 0.3) is 0 Å². The summed E-state index contributed by atoms with van der Waals surface area (Å²) >= 11 is 1.17. The number of hydrogen-bond acceptors (Lipinski definition) is 5. The van der Waals surface area contributed by atoms with Gasteiger partial charge in [-0.05, 0) is 25.1 Å². The summed E-state index contributed by atoms with van der Waals surface area (Å²) in [6, 6.07) is 4.64. The number of halogens is 2. The molecule has 0 saturated heterocycles. The second kappa shape index (κ2) is 7.44. The molecule has 9 heteroatoms. The predicted molar refractivity (Wildman–Crippen MR) is 92.2 cm³/mol. The third-order valence-corrected chi connectivity index (χ3v) is 4.23. The molecule has 0 unspecified atom stereocenters. The van der Waals surface area contributed by atoms with Crippen LogP contribution in [-0.2, 0) is 11.2 Å². The fraction of sp³-hybridized carbons (Fsp3) is 0.118. The number of carbonyl (C=O) groups is 2. The first-order chi connectivity index (χ1) is 12.4. The minimum Gasteiger partial charge on any atom is -0.469 e. The first kappa shape index (κ1) is 17.7. The summed E-state index contributed by atoms with van der Waals surface area (Å²) in [5.74, 6) is -2.34. The molecule has 6 nitrogen and oxygen atoms in total. The second-order valence-electron chi connectivity index (χ2n) is 5.34. The van der Waals surface area contributed by atoms with Gasteiger partial charge < -0.3 is 9.73 Å². The lowest BCUT2D eigenvalue weighted by molar-refractivity contribution is -0.115. The van der Waals surface area contributed by atoms with Gasteiger partial charge in [0.05, 0.1) is 23.9 Å². The predicted octanol–water partition coefficient (Wildman–Crippen LogP) is 3.76. The summed E-state index contributed by atoms with van der Waals surface area (Å²) in [7, 11) is 0. The lowest BCUT2D eigenvalue weighted by Gasteiger charge is -2.04. The van der Waals surface area contributed by atoms with Crippen molar-refractivity contribution in [1.29, 1.82) is 0 Å². The Morgan fingerprint density at radius 1 is 1.19 bits per heavy atom. The van der Waals surface area contributed by atoms with Crippen LogP contribution in [0, 0.1) is 18.6 Å². The van der Waals surface area contributed by atoms with Crippen molar-refractivity contribution in [3.63, 3.8) is 0 Å². The van der Waals surface area contributed by atoms with Gasteiger partial charge in [0.1, 0.15) is 5.76 Å². The number of furan rings is 1. The Morgan fingerprint density at radius 2 is 2.00 bits per heavy atom. The van der Waals surface area contributed by atoms with Crippen molar-refractivity contribution in [2.75, 3.05) is 10.6 Å². The zero-order chi connectivity index (χ0) is 18.7. The van der Waals surface area contributed by atoms with E-state index in [1.165, 1.54) is 23.7 Å². The van der Waals surface area contributed by atoms with Gasteiger partial charge in [0.15, 0.2) is 16.8 Å². The molecule has 2 aromatic heterocycles. The van der Waals surface area contributed by atoms with Crippen molar-refractivity contribution in [2.24, 2.45) is 0 Å². The van der Waals surface area contributed by atoms with E-state index in [-0.39, 0.29) is 18.0 Å². The number of rotatable bonds is 5. The SMILES string of the molecule is Cc1occc1C(=O)Nc1nc(CC(=O)Nc2ccc(F)c(F)c2)cs1. The van der Waals surface area contributed by atoms with E-state index in [2.05, 4.69) is 15.6 Å². The van der Waals surface area contributed by atoms with Crippen LogP contribution < -0.4 is 10.6 Å². The molecule has 0 aliphatic heterocycles. The number of nitrogens with one attached hydrogen (secondary N) is 2. The van der Waals surface area contributed by atoms with Crippen molar-refractivity contribution >= 4 is 34.0 Å². The van der Waals surface area contributed by atoms with Gasteiger partial charge in [-0.15, -0.1) is 11.3 Å². The maximum absolute atomic E-state index is 13.1. The molecule has 134 valence electrons. The molecule has 3 rings (SSSR count). The Bertz CT molecular complexity index is 968. The highest BCUT2D eigenvalue weighted by Crippen LogP contribution is 2.19. The molecule has 2 N–H and O–H groups in total. The molecule has 0 atom stereocenters. The highest BCUT2D eigenvalue weighted by molar-refractivity contribution is 7.14. The van der Waals surface area contributed by atoms with Gasteiger partial charge in [-0.1, -0.05) is 0 Å². The molecular weight excluding hydrogens is 364 g/mol. The van der Waals surface area contributed by atoms with E-state index in [1.807, 2.05) is 0 Å². The number of nitrogens with zero attached hydrogens (tertiary/aromatic N) is 1. The standard InChI is InChI=1S/C17H13F2N3O3S/c1-9-12(4-5-25-9)16(24)22-17-21-11(8-26-17)7-15(23)20-10-2-3-13(18)14(19)6-10/h2-6,8H,7H2,1H3,(H,20,23)(H,21,22,24). The van der Waals surface area contributed by atoms with Gasteiger partial charge in [0.25, 0.3) is 5.91 Å². The number of aromatic nitrogens is 1. The van der Waals surface area contributed by atoms with Crippen LogP contribution in [0.2, 0.25) is 0 Å². The second-order valence-corrected chi connectivity index (χ2v) is 6.20. The van der Waals surface area contributed by atoms with E-state index in [4.69, 9.17) is 4.42 Å². The largest absolute Gasteiger partial charge is 0.469 e. The number of amides is 2. The number of benzene rings is 1. The van der Waals surface area contributed by atoms with Crippen molar-refractivity contribution in [3.8, 4) is 0 Å². The topological polar surface area (TPSA) is 84.2 Å². The van der Waals surface area contributed by atoms with Crippen molar-refractivity contribution < 1.29 is 22.8 Å². The van der Waals surface area contributed by atoms with Crippen LogP contribution in [0.15, 0.2) is 40.3 Å². The van der Waals surface area contributed by atoms with Gasteiger partial charge in [0.2, 0.25) is 5.91 Å². The molecule has 0 aliphatic rings. The maximum atomic E-state index is 13.1. The monoisotopic (exact) mass is 377 g/mol. The van der Waals surface area contributed by atoms with Crippen LogP contribution in [0.4, 0.5) is 19.6 Å². The van der Waals surface area contributed by atoms with Crippen LogP contribution in [0.1, 0.15) is 21.8 Å². The number of thiazole rings is 1.